The van der Waals surface area contributed by atoms with Crippen molar-refractivity contribution in [3.63, 3.8) is 0 Å². The average molecular weight is 249 g/mol. The molecule has 0 saturated heterocycles. The Morgan fingerprint density at radius 1 is 1.44 bits per heavy atom. The minimum atomic E-state index is -0.233. The number of H-pyrrole nitrogens is 1. The first-order valence-corrected chi connectivity index (χ1v) is 6.07. The molecule has 98 valence electrons. The summed E-state index contributed by atoms with van der Waals surface area (Å²) in [5.74, 6) is 0.835. The monoisotopic (exact) mass is 249 g/mol. The van der Waals surface area contributed by atoms with E-state index in [4.69, 9.17) is 5.26 Å². The molecule has 1 amide bonds. The summed E-state index contributed by atoms with van der Waals surface area (Å²) in [5, 5.41) is 15.3. The van der Waals surface area contributed by atoms with Crippen LogP contribution in [-0.2, 0) is 0 Å². The fraction of sp³-hybridized carbons (Fsp3) is 0.667. The van der Waals surface area contributed by atoms with E-state index < -0.39 is 0 Å². The quantitative estimate of drug-likeness (QED) is 0.860. The van der Waals surface area contributed by atoms with Crippen LogP contribution >= 0.6 is 0 Å². The lowest BCUT2D eigenvalue weighted by molar-refractivity contribution is 0.0698. The van der Waals surface area contributed by atoms with Crippen molar-refractivity contribution in [3.05, 3.63) is 11.6 Å². The van der Waals surface area contributed by atoms with Gasteiger partial charge in [0.2, 0.25) is 5.82 Å². The van der Waals surface area contributed by atoms with Gasteiger partial charge in [0.25, 0.3) is 5.91 Å². The number of amides is 1. The second-order valence-corrected chi connectivity index (χ2v) is 4.70. The van der Waals surface area contributed by atoms with Gasteiger partial charge in [0.1, 0.15) is 5.82 Å². The second-order valence-electron chi connectivity index (χ2n) is 4.70. The highest BCUT2D eigenvalue weighted by Gasteiger charge is 2.22. The number of nitriles is 1. The van der Waals surface area contributed by atoms with Crippen LogP contribution in [0.25, 0.3) is 0 Å². The Bertz CT molecular complexity index is 444. The van der Waals surface area contributed by atoms with Gasteiger partial charge < -0.3 is 4.90 Å². The maximum atomic E-state index is 12.2. The van der Waals surface area contributed by atoms with E-state index in [9.17, 15) is 4.79 Å². The molecule has 0 aliphatic heterocycles. The molecule has 18 heavy (non-hydrogen) atoms. The molecule has 6 heteroatoms. The molecular weight excluding hydrogens is 230 g/mol. The molecule has 0 atom stereocenters. The molecule has 1 heterocycles. The van der Waals surface area contributed by atoms with Crippen LogP contribution in [0.4, 0.5) is 0 Å². The first-order valence-electron chi connectivity index (χ1n) is 6.07. The van der Waals surface area contributed by atoms with E-state index in [2.05, 4.69) is 15.2 Å². The summed E-state index contributed by atoms with van der Waals surface area (Å²) in [7, 11) is 0. The van der Waals surface area contributed by atoms with Gasteiger partial charge >= 0.3 is 0 Å². The number of carbonyl (C=O) groups excluding carboxylic acids is 1. The Balaban J connectivity index is 2.85. The van der Waals surface area contributed by atoms with E-state index in [1.54, 1.807) is 4.90 Å². The molecule has 0 radical (unpaired) electrons. The Morgan fingerprint density at radius 3 is 2.56 bits per heavy atom. The molecule has 1 aromatic heterocycles. The predicted octanol–water partition coefficient (Wildman–Crippen LogP) is 1.69. The van der Waals surface area contributed by atoms with Gasteiger partial charge in [0, 0.05) is 18.5 Å². The van der Waals surface area contributed by atoms with Gasteiger partial charge in [-0.05, 0) is 13.8 Å². The van der Waals surface area contributed by atoms with E-state index in [-0.39, 0.29) is 23.7 Å². The van der Waals surface area contributed by atoms with Crippen LogP contribution in [0.15, 0.2) is 0 Å². The molecule has 0 saturated carbocycles. The lowest BCUT2D eigenvalue weighted by Gasteiger charge is -2.24. The number of carbonyl (C=O) groups is 1. The molecule has 1 aromatic rings. The number of nitrogens with zero attached hydrogens (tertiary/aromatic N) is 4. The summed E-state index contributed by atoms with van der Waals surface area (Å²) < 4.78 is 0. The topological polar surface area (TPSA) is 85.7 Å². The summed E-state index contributed by atoms with van der Waals surface area (Å²) in [6.45, 7) is 8.17. The van der Waals surface area contributed by atoms with Crippen molar-refractivity contribution in [1.29, 1.82) is 5.26 Å². The number of hydrogen-bond acceptors (Lipinski definition) is 4. The van der Waals surface area contributed by atoms with E-state index in [1.165, 1.54) is 0 Å². The van der Waals surface area contributed by atoms with Crippen molar-refractivity contribution in [1.82, 2.24) is 20.1 Å². The second kappa shape index (κ2) is 6.15. The number of rotatable bonds is 5. The van der Waals surface area contributed by atoms with Crippen LogP contribution in [0.5, 0.6) is 0 Å². The number of aromatic amines is 1. The largest absolute Gasteiger partial charge is 0.332 e. The van der Waals surface area contributed by atoms with Crippen molar-refractivity contribution >= 4 is 5.91 Å². The van der Waals surface area contributed by atoms with Gasteiger partial charge in [0.15, 0.2) is 0 Å². The van der Waals surface area contributed by atoms with E-state index in [0.717, 1.165) is 0 Å². The van der Waals surface area contributed by atoms with E-state index >= 15 is 0 Å². The Hall–Kier alpha value is -1.90. The highest BCUT2D eigenvalue weighted by molar-refractivity contribution is 5.90. The normalized spacial score (nSPS) is 10.7. The first-order chi connectivity index (χ1) is 8.47. The third-order valence-electron chi connectivity index (χ3n) is 2.59. The van der Waals surface area contributed by atoms with Crippen LogP contribution in [0.1, 0.15) is 56.5 Å². The van der Waals surface area contributed by atoms with Crippen LogP contribution in [-0.4, -0.2) is 38.6 Å². The Morgan fingerprint density at radius 2 is 2.11 bits per heavy atom. The van der Waals surface area contributed by atoms with Gasteiger partial charge in [-0.2, -0.15) is 5.26 Å². The Kier molecular flexibility index (Phi) is 4.84. The molecular formula is C12H19N5O. The zero-order chi connectivity index (χ0) is 13.7. The van der Waals surface area contributed by atoms with E-state index in [0.29, 0.717) is 18.8 Å². The zero-order valence-corrected chi connectivity index (χ0v) is 11.3. The summed E-state index contributed by atoms with van der Waals surface area (Å²) in [5.41, 5.74) is 0. The molecule has 0 bridgehead atoms. The van der Waals surface area contributed by atoms with Gasteiger partial charge in [-0.25, -0.2) is 4.98 Å². The minimum Gasteiger partial charge on any atom is -0.332 e. The van der Waals surface area contributed by atoms with E-state index in [1.807, 2.05) is 33.8 Å². The standard InChI is InChI=1S/C12H19N5O/c1-8(2)10-14-11(16-15-10)12(18)17(9(3)4)7-5-6-13/h8-9H,5,7H2,1-4H3,(H,14,15,16). The van der Waals surface area contributed by atoms with Crippen LogP contribution < -0.4 is 0 Å². The Labute approximate surface area is 107 Å². The highest BCUT2D eigenvalue weighted by Crippen LogP contribution is 2.10. The number of nitrogens with one attached hydrogen (secondary N) is 1. The maximum absolute atomic E-state index is 12.2. The smallest absolute Gasteiger partial charge is 0.293 e. The molecule has 6 nitrogen and oxygen atoms in total. The lowest BCUT2D eigenvalue weighted by atomic mass is 10.2. The first kappa shape index (κ1) is 14.2. The molecule has 0 unspecified atom stereocenters. The highest BCUT2D eigenvalue weighted by atomic mass is 16.2. The van der Waals surface area contributed by atoms with Gasteiger partial charge in [-0.3, -0.25) is 9.89 Å². The molecule has 0 aromatic carbocycles. The third-order valence-corrected chi connectivity index (χ3v) is 2.59. The van der Waals surface area contributed by atoms with Crippen molar-refractivity contribution in [2.45, 2.75) is 46.1 Å². The maximum Gasteiger partial charge on any atom is 0.293 e. The zero-order valence-electron chi connectivity index (χ0n) is 11.3. The molecule has 0 fully saturated rings. The van der Waals surface area contributed by atoms with Gasteiger partial charge in [-0.15, -0.1) is 5.10 Å². The third kappa shape index (κ3) is 3.29. The number of aromatic nitrogens is 3. The van der Waals surface area contributed by atoms with Gasteiger partial charge in [0.05, 0.1) is 12.5 Å². The summed E-state index contributed by atoms with van der Waals surface area (Å²) >= 11 is 0. The summed E-state index contributed by atoms with van der Waals surface area (Å²) in [4.78, 5) is 18.0. The predicted molar refractivity (Wildman–Crippen MR) is 66.9 cm³/mol. The molecule has 1 N–H and O–H groups in total. The number of hydrogen-bond donors (Lipinski definition) is 1. The fourth-order valence-corrected chi connectivity index (χ4v) is 1.52. The van der Waals surface area contributed by atoms with Crippen molar-refractivity contribution in [3.8, 4) is 6.07 Å². The summed E-state index contributed by atoms with van der Waals surface area (Å²) in [6.07, 6.45) is 0.311. The average Bonchev–Trinajstić information content (AvgIpc) is 2.78. The van der Waals surface area contributed by atoms with Crippen LogP contribution in [0.2, 0.25) is 0 Å². The molecule has 0 aliphatic rings. The SMILES string of the molecule is CC(C)c1nc(C(=O)N(CCC#N)C(C)C)n[nH]1. The van der Waals surface area contributed by atoms with Crippen LogP contribution in [0, 0.1) is 11.3 Å². The minimum absolute atomic E-state index is 0.0202. The molecule has 0 spiro atoms. The van der Waals surface area contributed by atoms with Crippen molar-refractivity contribution < 1.29 is 4.79 Å². The van der Waals surface area contributed by atoms with Crippen molar-refractivity contribution in [2.75, 3.05) is 6.54 Å². The fourth-order valence-electron chi connectivity index (χ4n) is 1.52. The van der Waals surface area contributed by atoms with Gasteiger partial charge in [-0.1, -0.05) is 13.8 Å². The lowest BCUT2D eigenvalue weighted by Crippen LogP contribution is -2.38. The molecule has 0 aliphatic carbocycles. The molecule has 1 rings (SSSR count). The van der Waals surface area contributed by atoms with Crippen LogP contribution in [0.3, 0.4) is 0 Å². The summed E-state index contributed by atoms with van der Waals surface area (Å²) in [6, 6.07) is 2.06. The van der Waals surface area contributed by atoms with Crippen molar-refractivity contribution in [2.24, 2.45) is 0 Å².